The first-order valence-electron chi connectivity index (χ1n) is 11.8. The van der Waals surface area contributed by atoms with Crippen molar-refractivity contribution in [2.75, 3.05) is 31.3 Å². The summed E-state index contributed by atoms with van der Waals surface area (Å²) in [6.45, 7) is 4.90. The molecule has 1 fully saturated rings. The number of carbonyl (C=O) groups is 1. The smallest absolute Gasteiger partial charge is 0.337 e. The normalized spacial score (nSPS) is 19.4. The van der Waals surface area contributed by atoms with E-state index in [9.17, 15) is 22.9 Å². The second-order valence-electron chi connectivity index (χ2n) is 8.99. The zero-order valence-electron chi connectivity index (χ0n) is 20.6. The molecule has 2 heterocycles. The molecule has 0 spiro atoms. The molecule has 1 aliphatic heterocycles. The van der Waals surface area contributed by atoms with Crippen LogP contribution >= 0.6 is 0 Å². The Labute approximate surface area is 215 Å². The van der Waals surface area contributed by atoms with Crippen molar-refractivity contribution >= 4 is 33.8 Å². The molecule has 198 valence electrons. The Morgan fingerprint density at radius 2 is 1.97 bits per heavy atom. The average Bonchev–Trinajstić information content (AvgIpc) is 2.86. The van der Waals surface area contributed by atoms with Crippen LogP contribution in [-0.4, -0.2) is 48.7 Å². The Kier molecular flexibility index (Phi) is 8.48. The number of anilines is 1. The molecule has 37 heavy (non-hydrogen) atoms. The van der Waals surface area contributed by atoms with Crippen molar-refractivity contribution in [3.63, 3.8) is 0 Å². The first-order chi connectivity index (χ1) is 17.6. The maximum absolute atomic E-state index is 13.7. The first kappa shape index (κ1) is 27.1. The standard InChI is InChI=1S/C26H28F2N2O6S/c1-14-13-35-20(12-29-14)4-5-37(33)24-11-23(31)22-7-16(26(32)34-3)6-21(25(22)36-24)15(2)30-19-9-17(27)8-18(28)10-19/h6-11,14-15,20,29-30H,4-5,12-13H2,1-3H3/t14-,15?,20?,37?/m0/s1. The van der Waals surface area contributed by atoms with Crippen molar-refractivity contribution in [2.45, 2.75) is 43.5 Å². The van der Waals surface area contributed by atoms with Crippen LogP contribution in [0.5, 0.6) is 0 Å². The predicted molar refractivity (Wildman–Crippen MR) is 135 cm³/mol. The third-order valence-corrected chi connectivity index (χ3v) is 7.35. The molecule has 3 unspecified atom stereocenters. The molecule has 4 rings (SSSR count). The van der Waals surface area contributed by atoms with Crippen LogP contribution in [0.4, 0.5) is 14.5 Å². The molecular formula is C26H28F2N2O6S. The van der Waals surface area contributed by atoms with E-state index < -0.39 is 40.3 Å². The lowest BCUT2D eigenvalue weighted by atomic mass is 10.0. The Morgan fingerprint density at radius 3 is 2.62 bits per heavy atom. The lowest BCUT2D eigenvalue weighted by Crippen LogP contribution is -2.45. The van der Waals surface area contributed by atoms with Crippen LogP contribution in [0.1, 0.15) is 42.2 Å². The SMILES string of the molecule is COC(=O)c1cc(C(C)Nc2cc(F)cc(F)c2)c2oc([S+]([O-])CCC3CN[C@@H](C)CO3)cc(=O)c2c1. The highest BCUT2D eigenvalue weighted by Crippen LogP contribution is 2.30. The maximum atomic E-state index is 13.7. The quantitative estimate of drug-likeness (QED) is 0.331. The summed E-state index contributed by atoms with van der Waals surface area (Å²) in [6, 6.07) is 6.55. The van der Waals surface area contributed by atoms with Gasteiger partial charge in [-0.1, -0.05) is 0 Å². The van der Waals surface area contributed by atoms with Crippen LogP contribution in [0.25, 0.3) is 11.0 Å². The first-order valence-corrected chi connectivity index (χ1v) is 13.1. The number of fused-ring (bicyclic) bond motifs is 1. The fourth-order valence-corrected chi connectivity index (χ4v) is 5.25. The number of carbonyl (C=O) groups excluding carboxylic acids is 1. The molecule has 11 heteroatoms. The number of hydrogen-bond donors (Lipinski definition) is 2. The molecule has 0 aliphatic carbocycles. The molecule has 0 amide bonds. The summed E-state index contributed by atoms with van der Waals surface area (Å²) in [5, 5.41) is 6.35. The van der Waals surface area contributed by atoms with E-state index in [1.165, 1.54) is 19.2 Å². The summed E-state index contributed by atoms with van der Waals surface area (Å²) in [4.78, 5) is 25.3. The van der Waals surface area contributed by atoms with Gasteiger partial charge in [-0.3, -0.25) is 4.79 Å². The van der Waals surface area contributed by atoms with Crippen molar-refractivity contribution in [2.24, 2.45) is 0 Å². The van der Waals surface area contributed by atoms with Gasteiger partial charge in [0.25, 0.3) is 0 Å². The van der Waals surface area contributed by atoms with Crippen LogP contribution in [0.3, 0.4) is 0 Å². The van der Waals surface area contributed by atoms with E-state index in [4.69, 9.17) is 13.9 Å². The summed E-state index contributed by atoms with van der Waals surface area (Å²) in [5.41, 5.74) is 0.239. The summed E-state index contributed by atoms with van der Waals surface area (Å²) in [5.74, 6) is -1.98. The Hall–Kier alpha value is -2.99. The molecule has 1 saturated heterocycles. The highest BCUT2D eigenvalue weighted by Gasteiger charge is 2.25. The highest BCUT2D eigenvalue weighted by molar-refractivity contribution is 7.91. The average molecular weight is 535 g/mol. The van der Waals surface area contributed by atoms with E-state index in [2.05, 4.69) is 10.6 Å². The Bertz CT molecular complexity index is 1320. The Balaban J connectivity index is 1.68. The number of rotatable bonds is 8. The van der Waals surface area contributed by atoms with Gasteiger partial charge in [0.2, 0.25) is 0 Å². The molecule has 0 saturated carbocycles. The van der Waals surface area contributed by atoms with Gasteiger partial charge in [-0.05, 0) is 38.1 Å². The summed E-state index contributed by atoms with van der Waals surface area (Å²) < 4.78 is 57.0. The van der Waals surface area contributed by atoms with Gasteiger partial charge in [-0.25, -0.2) is 13.6 Å². The minimum atomic E-state index is -1.63. The molecule has 1 aromatic heterocycles. The fourth-order valence-electron chi connectivity index (χ4n) is 4.15. The zero-order valence-corrected chi connectivity index (χ0v) is 21.5. The van der Waals surface area contributed by atoms with Gasteiger partial charge in [0.15, 0.2) is 5.43 Å². The highest BCUT2D eigenvalue weighted by atomic mass is 32.2. The molecule has 3 aromatic rings. The molecule has 8 nitrogen and oxygen atoms in total. The van der Waals surface area contributed by atoms with Crippen molar-refractivity contribution in [1.29, 1.82) is 0 Å². The minimum absolute atomic E-state index is 0.00861. The van der Waals surface area contributed by atoms with Gasteiger partial charge in [-0.2, -0.15) is 0 Å². The largest absolute Gasteiger partial charge is 0.609 e. The molecule has 1 aliphatic rings. The van der Waals surface area contributed by atoms with E-state index in [1.807, 2.05) is 6.92 Å². The lowest BCUT2D eigenvalue weighted by Gasteiger charge is -2.28. The summed E-state index contributed by atoms with van der Waals surface area (Å²) in [6.07, 6.45) is 0.409. The van der Waals surface area contributed by atoms with E-state index in [0.29, 0.717) is 25.1 Å². The number of halogens is 2. The zero-order chi connectivity index (χ0) is 26.7. The molecule has 2 N–H and O–H groups in total. The third-order valence-electron chi connectivity index (χ3n) is 6.09. The number of methoxy groups -OCH3 is 1. The van der Waals surface area contributed by atoms with Gasteiger partial charge in [0.1, 0.15) is 23.0 Å². The number of nitrogens with one attached hydrogen (secondary N) is 2. The second kappa shape index (κ2) is 11.6. The van der Waals surface area contributed by atoms with Crippen LogP contribution in [0, 0.1) is 11.6 Å². The molecule has 4 atom stereocenters. The van der Waals surface area contributed by atoms with Crippen LogP contribution in [-0.2, 0) is 20.6 Å². The van der Waals surface area contributed by atoms with Gasteiger partial charge in [-0.15, -0.1) is 0 Å². The van der Waals surface area contributed by atoms with Crippen LogP contribution in [0.2, 0.25) is 0 Å². The van der Waals surface area contributed by atoms with E-state index in [-0.39, 0.29) is 45.2 Å². The molecule has 2 aromatic carbocycles. The van der Waals surface area contributed by atoms with Crippen LogP contribution in [0.15, 0.2) is 50.7 Å². The lowest BCUT2D eigenvalue weighted by molar-refractivity contribution is 0.00691. The molecule has 0 bridgehead atoms. The van der Waals surface area contributed by atoms with Crippen molar-refractivity contribution < 1.29 is 32.0 Å². The maximum Gasteiger partial charge on any atom is 0.337 e. The molecular weight excluding hydrogens is 506 g/mol. The number of hydrogen-bond acceptors (Lipinski definition) is 8. The van der Waals surface area contributed by atoms with Crippen LogP contribution < -0.4 is 16.1 Å². The van der Waals surface area contributed by atoms with Gasteiger partial charge in [0.05, 0.1) is 42.9 Å². The minimum Gasteiger partial charge on any atom is -0.609 e. The number of morpholine rings is 1. The fraction of sp³-hybridized carbons (Fsp3) is 0.385. The van der Waals surface area contributed by atoms with Gasteiger partial charge < -0.3 is 29.1 Å². The topological polar surface area (TPSA) is 113 Å². The predicted octanol–water partition coefficient (Wildman–Crippen LogP) is 3.91. The van der Waals surface area contributed by atoms with E-state index in [0.717, 1.165) is 24.3 Å². The molecule has 0 radical (unpaired) electrons. The monoisotopic (exact) mass is 534 g/mol. The summed E-state index contributed by atoms with van der Waals surface area (Å²) in [7, 11) is 1.21. The van der Waals surface area contributed by atoms with E-state index in [1.54, 1.807) is 6.92 Å². The van der Waals surface area contributed by atoms with Gasteiger partial charge in [0, 0.05) is 47.5 Å². The van der Waals surface area contributed by atoms with Crippen molar-refractivity contribution in [3.05, 3.63) is 69.4 Å². The number of ether oxygens (including phenoxy) is 2. The number of esters is 1. The third kappa shape index (κ3) is 6.48. The summed E-state index contributed by atoms with van der Waals surface area (Å²) >= 11 is -1.63. The Morgan fingerprint density at radius 1 is 1.24 bits per heavy atom. The van der Waals surface area contributed by atoms with E-state index >= 15 is 0 Å². The van der Waals surface area contributed by atoms with Crippen molar-refractivity contribution in [1.82, 2.24) is 5.32 Å². The second-order valence-corrected chi connectivity index (χ2v) is 10.5. The van der Waals surface area contributed by atoms with Gasteiger partial charge >= 0.3 is 11.1 Å². The number of benzene rings is 2. The van der Waals surface area contributed by atoms with Crippen molar-refractivity contribution in [3.8, 4) is 0 Å².